The molecule has 0 radical (unpaired) electrons. The van der Waals surface area contributed by atoms with Crippen molar-refractivity contribution in [2.45, 2.75) is 0 Å². The molecule has 0 spiro atoms. The second kappa shape index (κ2) is 17.5. The van der Waals surface area contributed by atoms with Crippen LogP contribution < -0.4 is 9.80 Å². The summed E-state index contributed by atoms with van der Waals surface area (Å²) in [5, 5.41) is 15.4. The average Bonchev–Trinajstić information content (AvgIpc) is 2.39. The molecule has 0 aliphatic carbocycles. The third kappa shape index (κ3) is 6.52. The fourth-order valence-corrected chi connectivity index (χ4v) is 16.7. The molecule has 0 saturated heterocycles. The Morgan fingerprint density at radius 2 is 0.560 bits per heavy atom. The number of thiophene rings is 2. The summed E-state index contributed by atoms with van der Waals surface area (Å²) < 4.78 is 10.2. The highest BCUT2D eigenvalue weighted by Gasteiger charge is 2.25. The van der Waals surface area contributed by atoms with Crippen LogP contribution in [0, 0.1) is 0 Å². The summed E-state index contributed by atoms with van der Waals surface area (Å²) in [4.78, 5) is 4.82. The average molecular weight is 1100 g/mol. The van der Waals surface area contributed by atoms with Crippen LogP contribution in [0.5, 0.6) is 0 Å². The zero-order chi connectivity index (χ0) is 54.7. The molecule has 4 nitrogen and oxygen atoms in total. The van der Waals surface area contributed by atoms with Gasteiger partial charge in [0.2, 0.25) is 0 Å². The van der Waals surface area contributed by atoms with E-state index in [-0.39, 0.29) is 0 Å². The second-order valence-corrected chi connectivity index (χ2v) is 24.5. The van der Waals surface area contributed by atoms with Crippen molar-refractivity contribution in [3.63, 3.8) is 0 Å². The summed E-state index contributed by atoms with van der Waals surface area (Å²) in [6.07, 6.45) is 0. The summed E-state index contributed by atoms with van der Waals surface area (Å²) in [6.45, 7) is 0. The van der Waals surface area contributed by atoms with E-state index < -0.39 is 0 Å². The summed E-state index contributed by atoms with van der Waals surface area (Å²) in [5.74, 6) is 0. The first kappa shape index (κ1) is 46.1. The van der Waals surface area contributed by atoms with Gasteiger partial charge in [-0.25, -0.2) is 0 Å². The van der Waals surface area contributed by atoms with E-state index in [1.807, 2.05) is 22.7 Å². The van der Waals surface area contributed by atoms with Gasteiger partial charge in [0.15, 0.2) is 0 Å². The molecule has 0 aliphatic heterocycles. The normalized spacial score (nSPS) is 12.3. The first-order chi connectivity index (χ1) is 41.7. The van der Waals surface area contributed by atoms with Crippen LogP contribution in [0.4, 0.5) is 34.1 Å². The fourth-order valence-electron chi connectivity index (χ4n) is 14.2. The van der Waals surface area contributed by atoms with Crippen LogP contribution in [0.25, 0.3) is 139 Å². The van der Waals surface area contributed by atoms with Gasteiger partial charge in [-0.1, -0.05) is 170 Å². The molecule has 6 aromatic heterocycles. The standard InChI is InChI=1S/C78H46N4S2/c1-3-15-51(16-4-1)79(69-27-13-25-61-55-19-7-9-29-73(55)83-77(61)69)53-37-31-47(32-38-53)49-35-41-67-63(43-49)57-21-11-23-59-65-46-72-66(45-71(65)81(67)75(57)59)60-24-12-22-58-64-44-50(36-42-68(64)82(72)76(58)60)48-33-39-54(40-34-48)80(52-17-5-2-6-18-52)70-28-14-26-62-56-20-8-10-30-74(56)84-78(62)70/h1-46H. The van der Waals surface area contributed by atoms with Gasteiger partial charge in [0.05, 0.1) is 53.9 Å². The first-order valence-electron chi connectivity index (χ1n) is 28.7. The number of fused-ring (bicyclic) bond motifs is 18. The van der Waals surface area contributed by atoms with Gasteiger partial charge < -0.3 is 18.6 Å². The van der Waals surface area contributed by atoms with E-state index in [2.05, 4.69) is 298 Å². The molecule has 6 heterocycles. The van der Waals surface area contributed by atoms with Crippen molar-refractivity contribution in [1.29, 1.82) is 0 Å². The maximum Gasteiger partial charge on any atom is 0.0640 e. The Balaban J connectivity index is 0.693. The lowest BCUT2D eigenvalue weighted by Gasteiger charge is -2.26. The molecule has 19 aromatic rings. The van der Waals surface area contributed by atoms with E-state index in [1.165, 1.54) is 150 Å². The summed E-state index contributed by atoms with van der Waals surface area (Å²) >= 11 is 3.74. The Morgan fingerprint density at radius 3 is 0.988 bits per heavy atom. The van der Waals surface area contributed by atoms with Crippen molar-refractivity contribution in [3.05, 3.63) is 279 Å². The molecule has 19 rings (SSSR count). The molecule has 0 amide bonds. The lowest BCUT2D eigenvalue weighted by Crippen LogP contribution is -2.09. The van der Waals surface area contributed by atoms with Crippen LogP contribution >= 0.6 is 22.7 Å². The first-order valence-corrected chi connectivity index (χ1v) is 30.4. The van der Waals surface area contributed by atoms with Gasteiger partial charge in [0, 0.05) is 96.8 Å². The van der Waals surface area contributed by atoms with E-state index in [9.17, 15) is 0 Å². The van der Waals surface area contributed by atoms with Gasteiger partial charge in [0.1, 0.15) is 0 Å². The van der Waals surface area contributed by atoms with Crippen molar-refractivity contribution >= 4 is 173 Å². The number of anilines is 6. The lowest BCUT2D eigenvalue weighted by molar-refractivity contribution is 1.30. The van der Waals surface area contributed by atoms with E-state index in [4.69, 9.17) is 0 Å². The van der Waals surface area contributed by atoms with Crippen LogP contribution in [0.1, 0.15) is 0 Å². The summed E-state index contributed by atoms with van der Waals surface area (Å²) in [7, 11) is 0. The summed E-state index contributed by atoms with van der Waals surface area (Å²) in [5.41, 5.74) is 19.2. The number of rotatable bonds is 8. The van der Waals surface area contributed by atoms with Gasteiger partial charge in [-0.2, -0.15) is 0 Å². The Hall–Kier alpha value is -10.5. The van der Waals surface area contributed by atoms with Crippen LogP contribution in [0.3, 0.4) is 0 Å². The topological polar surface area (TPSA) is 15.3 Å². The molecule has 13 aromatic carbocycles. The van der Waals surface area contributed by atoms with E-state index >= 15 is 0 Å². The highest BCUT2D eigenvalue weighted by atomic mass is 32.1. The minimum Gasteiger partial charge on any atom is -0.309 e. The van der Waals surface area contributed by atoms with E-state index in [0.717, 1.165) is 22.7 Å². The van der Waals surface area contributed by atoms with Gasteiger partial charge in [-0.05, 0) is 131 Å². The maximum atomic E-state index is 2.53. The van der Waals surface area contributed by atoms with Gasteiger partial charge in [0.25, 0.3) is 0 Å². The zero-order valence-electron chi connectivity index (χ0n) is 45.2. The molecule has 0 N–H and O–H groups in total. The molecule has 0 aliphatic rings. The number of hydrogen-bond acceptors (Lipinski definition) is 4. The Morgan fingerprint density at radius 1 is 0.226 bits per heavy atom. The minimum absolute atomic E-state index is 1.13. The quantitative estimate of drug-likeness (QED) is 0.151. The number of nitrogens with zero attached hydrogens (tertiary/aromatic N) is 4. The van der Waals surface area contributed by atoms with Gasteiger partial charge in [-0.3, -0.25) is 0 Å². The van der Waals surface area contributed by atoms with Crippen LogP contribution in [0.15, 0.2) is 279 Å². The number of benzene rings is 13. The third-order valence-electron chi connectivity index (χ3n) is 17.9. The largest absolute Gasteiger partial charge is 0.309 e. The predicted octanol–water partition coefficient (Wildman–Crippen LogP) is 23.0. The Labute approximate surface area is 490 Å². The Kier molecular flexibility index (Phi) is 9.62. The second-order valence-electron chi connectivity index (χ2n) is 22.4. The van der Waals surface area contributed by atoms with Gasteiger partial charge in [-0.15, -0.1) is 22.7 Å². The van der Waals surface area contributed by atoms with Crippen molar-refractivity contribution in [2.75, 3.05) is 9.80 Å². The Bertz CT molecular complexity index is 5490. The van der Waals surface area contributed by atoms with Crippen molar-refractivity contribution in [1.82, 2.24) is 8.80 Å². The summed E-state index contributed by atoms with van der Waals surface area (Å²) in [6, 6.07) is 104. The highest BCUT2D eigenvalue weighted by Crippen LogP contribution is 2.49. The number of aromatic nitrogens is 2. The molecule has 84 heavy (non-hydrogen) atoms. The number of para-hydroxylation sites is 4. The molecule has 6 heteroatoms. The lowest BCUT2D eigenvalue weighted by atomic mass is 10.0. The van der Waals surface area contributed by atoms with Crippen molar-refractivity contribution in [3.8, 4) is 22.3 Å². The molecule has 0 bridgehead atoms. The molecule has 390 valence electrons. The zero-order valence-corrected chi connectivity index (χ0v) is 46.8. The molecule has 0 unspecified atom stereocenters. The maximum absolute atomic E-state index is 2.53. The highest BCUT2D eigenvalue weighted by molar-refractivity contribution is 7.26. The van der Waals surface area contributed by atoms with Crippen molar-refractivity contribution in [2.24, 2.45) is 0 Å². The van der Waals surface area contributed by atoms with Crippen LogP contribution in [-0.4, -0.2) is 8.80 Å². The predicted molar refractivity (Wildman–Crippen MR) is 362 cm³/mol. The van der Waals surface area contributed by atoms with Gasteiger partial charge >= 0.3 is 0 Å². The van der Waals surface area contributed by atoms with Crippen LogP contribution in [-0.2, 0) is 0 Å². The minimum atomic E-state index is 1.13. The molecular formula is C78H46N4S2. The third-order valence-corrected chi connectivity index (χ3v) is 20.4. The molecular weight excluding hydrogens is 1060 g/mol. The van der Waals surface area contributed by atoms with Crippen LogP contribution in [0.2, 0.25) is 0 Å². The monoisotopic (exact) mass is 1100 g/mol. The molecule has 0 saturated carbocycles. The van der Waals surface area contributed by atoms with E-state index in [1.54, 1.807) is 0 Å². The smallest absolute Gasteiger partial charge is 0.0640 e. The molecule has 0 fully saturated rings. The SMILES string of the molecule is c1ccc(N(c2ccc(-c3ccc4c(c3)c3cccc5c6cc7c(cc6n4c35)c3cccc4c5cc(-c6ccc(N(c8ccccc8)c8cccc9c8sc8ccccc89)cc6)ccc5n7c43)cc2)c2cccc3c2sc2ccccc23)cc1. The molecule has 0 atom stereocenters. The fraction of sp³-hybridized carbons (Fsp3) is 0. The van der Waals surface area contributed by atoms with E-state index in [0.29, 0.717) is 0 Å². The van der Waals surface area contributed by atoms with Crippen molar-refractivity contribution < 1.29 is 0 Å². The number of hydrogen-bond donors (Lipinski definition) is 0.